The average molecular weight is 214 g/mol. The summed E-state index contributed by atoms with van der Waals surface area (Å²) in [4.78, 5) is 0. The van der Waals surface area contributed by atoms with Crippen LogP contribution in [-0.2, 0) is 6.42 Å². The summed E-state index contributed by atoms with van der Waals surface area (Å²) in [5.41, 5.74) is 2.30. The topological polar surface area (TPSA) is 0 Å². The zero-order valence-corrected chi connectivity index (χ0v) is 9.79. The van der Waals surface area contributed by atoms with Gasteiger partial charge >= 0.3 is 9.46 Å². The van der Waals surface area contributed by atoms with Gasteiger partial charge in [-0.25, -0.2) is 0 Å². The molecule has 0 aliphatic carbocycles. The molecule has 1 aromatic carbocycles. The highest BCUT2D eigenvalue weighted by molar-refractivity contribution is 6.42. The third-order valence-electron chi connectivity index (χ3n) is 2.31. The van der Waals surface area contributed by atoms with Crippen LogP contribution in [0.15, 0.2) is 24.3 Å². The molecule has 78 valence electrons. The summed E-state index contributed by atoms with van der Waals surface area (Å²) in [6, 6.07) is 8.00. The maximum Gasteiger partial charge on any atom is 0.411 e. The Kier molecular flexibility index (Phi) is 4.26. The Morgan fingerprint density at radius 1 is 1.21 bits per heavy atom. The van der Waals surface area contributed by atoms with E-state index in [0.717, 1.165) is 5.56 Å². The van der Waals surface area contributed by atoms with Crippen molar-refractivity contribution in [3.63, 3.8) is 0 Å². The van der Waals surface area contributed by atoms with Crippen molar-refractivity contribution in [1.82, 2.24) is 0 Å². The van der Waals surface area contributed by atoms with E-state index in [9.17, 15) is 8.22 Å². The van der Waals surface area contributed by atoms with Gasteiger partial charge in [-0.15, -0.1) is 0 Å². The molecule has 14 heavy (non-hydrogen) atoms. The zero-order valence-electron chi connectivity index (χ0n) is 8.63. The van der Waals surface area contributed by atoms with Gasteiger partial charge in [0.15, 0.2) is 0 Å². The Morgan fingerprint density at radius 2 is 1.86 bits per heavy atom. The minimum absolute atomic E-state index is 0.101. The summed E-state index contributed by atoms with van der Waals surface area (Å²) < 4.78 is 24.4. The van der Waals surface area contributed by atoms with Crippen LogP contribution in [0.5, 0.6) is 0 Å². The van der Waals surface area contributed by atoms with Crippen LogP contribution >= 0.6 is 0 Å². The fourth-order valence-corrected chi connectivity index (χ4v) is 2.12. The van der Waals surface area contributed by atoms with Crippen LogP contribution in [0.2, 0.25) is 6.04 Å². The van der Waals surface area contributed by atoms with E-state index in [1.807, 2.05) is 24.3 Å². The molecule has 1 rings (SSSR count). The number of hydrogen-bond acceptors (Lipinski definition) is 0. The molecule has 0 radical (unpaired) electrons. The van der Waals surface area contributed by atoms with Crippen molar-refractivity contribution in [2.45, 2.75) is 32.2 Å². The maximum absolute atomic E-state index is 12.2. The third-order valence-corrected chi connectivity index (χ3v) is 3.03. The van der Waals surface area contributed by atoms with Crippen LogP contribution in [0.25, 0.3) is 0 Å². The highest BCUT2D eigenvalue weighted by Gasteiger charge is 2.10. The molecule has 0 aliphatic heterocycles. The molecule has 0 bridgehead atoms. The Bertz CT molecular complexity index is 284. The lowest BCUT2D eigenvalue weighted by molar-refractivity contribution is 0.649. The molecule has 0 saturated heterocycles. The molecule has 0 amide bonds. The summed E-state index contributed by atoms with van der Waals surface area (Å²) in [5, 5.41) is 0. The van der Waals surface area contributed by atoms with E-state index in [1.165, 1.54) is 5.56 Å². The van der Waals surface area contributed by atoms with E-state index in [0.29, 0.717) is 12.3 Å². The van der Waals surface area contributed by atoms with Crippen molar-refractivity contribution in [1.29, 1.82) is 0 Å². The Hall–Kier alpha value is -0.703. The lowest BCUT2D eigenvalue weighted by Crippen LogP contribution is -2.01. The van der Waals surface area contributed by atoms with Gasteiger partial charge in [0.1, 0.15) is 0 Å². The van der Waals surface area contributed by atoms with Gasteiger partial charge in [0, 0.05) is 0 Å². The van der Waals surface area contributed by atoms with E-state index < -0.39 is 9.46 Å². The molecule has 0 N–H and O–H groups in total. The average Bonchev–Trinajstić information content (AvgIpc) is 2.15. The minimum atomic E-state index is -3.39. The number of rotatable bonds is 4. The van der Waals surface area contributed by atoms with Gasteiger partial charge in [-0.05, 0) is 29.5 Å². The van der Waals surface area contributed by atoms with Crippen molar-refractivity contribution in [3.8, 4) is 0 Å². The van der Waals surface area contributed by atoms with Gasteiger partial charge in [-0.1, -0.05) is 38.1 Å². The van der Waals surface area contributed by atoms with Crippen LogP contribution in [0.1, 0.15) is 30.9 Å². The Morgan fingerprint density at radius 3 is 2.43 bits per heavy atom. The molecule has 0 fully saturated rings. The van der Waals surface area contributed by atoms with E-state index >= 15 is 0 Å². The highest BCUT2D eigenvalue weighted by atomic mass is 28.4. The van der Waals surface area contributed by atoms with Gasteiger partial charge in [0.05, 0.1) is 0 Å². The number of hydrogen-bond donors (Lipinski definition) is 0. The molecular formula is C11H16F2Si. The Balaban J connectivity index is 2.74. The maximum atomic E-state index is 12.2. The molecule has 0 aromatic heterocycles. The third kappa shape index (κ3) is 3.22. The second-order valence-corrected chi connectivity index (χ2v) is 5.14. The van der Waals surface area contributed by atoms with Gasteiger partial charge in [-0.3, -0.25) is 8.22 Å². The van der Waals surface area contributed by atoms with E-state index in [1.54, 1.807) is 0 Å². The fraction of sp³-hybridized carbons (Fsp3) is 0.455. The highest BCUT2D eigenvalue weighted by Crippen LogP contribution is 2.21. The molecule has 0 nitrogen and oxygen atoms in total. The first-order chi connectivity index (χ1) is 6.61. The quantitative estimate of drug-likeness (QED) is 0.531. The van der Waals surface area contributed by atoms with Crippen molar-refractivity contribution < 1.29 is 8.22 Å². The van der Waals surface area contributed by atoms with Crippen molar-refractivity contribution in [2.75, 3.05) is 0 Å². The number of benzene rings is 1. The van der Waals surface area contributed by atoms with Crippen LogP contribution in [0, 0.1) is 0 Å². The summed E-state index contributed by atoms with van der Waals surface area (Å²) in [6.07, 6.45) is 0.540. The molecule has 0 heterocycles. The van der Waals surface area contributed by atoms with Crippen LogP contribution in [0.3, 0.4) is 0 Å². The van der Waals surface area contributed by atoms with E-state index in [2.05, 4.69) is 13.8 Å². The fourth-order valence-electron chi connectivity index (χ4n) is 1.59. The summed E-state index contributed by atoms with van der Waals surface area (Å²) in [5.74, 6) is 0.422. The molecule has 3 heteroatoms. The van der Waals surface area contributed by atoms with Gasteiger partial charge < -0.3 is 0 Å². The molecule has 0 spiro atoms. The first-order valence-corrected chi connectivity index (χ1v) is 6.66. The number of halogens is 2. The molecule has 0 aliphatic rings. The first-order valence-electron chi connectivity index (χ1n) is 4.97. The normalized spacial score (nSPS) is 11.3. The standard InChI is InChI=1S/C11H16F2Si/c1-9(2)11-6-4-3-5-10(11)7-8-14(12)13/h3-6,9,14H,7-8H2,1-2H3. The molecule has 0 saturated carbocycles. The van der Waals surface area contributed by atoms with Crippen molar-refractivity contribution in [3.05, 3.63) is 35.4 Å². The zero-order chi connectivity index (χ0) is 10.6. The minimum Gasteiger partial charge on any atom is -0.275 e. The van der Waals surface area contributed by atoms with Gasteiger partial charge in [-0.2, -0.15) is 0 Å². The molecule has 0 unspecified atom stereocenters. The van der Waals surface area contributed by atoms with Crippen LogP contribution in [-0.4, -0.2) is 9.46 Å². The van der Waals surface area contributed by atoms with E-state index in [4.69, 9.17) is 0 Å². The first kappa shape index (κ1) is 11.4. The number of aryl methyl sites for hydroxylation is 1. The second-order valence-electron chi connectivity index (χ2n) is 3.78. The predicted octanol–water partition coefficient (Wildman–Crippen LogP) is 3.51. The largest absolute Gasteiger partial charge is 0.411 e. The Labute approximate surface area is 85.9 Å². The summed E-state index contributed by atoms with van der Waals surface area (Å²) >= 11 is 0. The van der Waals surface area contributed by atoms with Gasteiger partial charge in [0.25, 0.3) is 0 Å². The summed E-state index contributed by atoms with van der Waals surface area (Å²) in [7, 11) is -3.39. The van der Waals surface area contributed by atoms with Crippen LogP contribution in [0.4, 0.5) is 8.22 Å². The lowest BCUT2D eigenvalue weighted by atomic mass is 9.96. The SMILES string of the molecule is CC(C)c1ccccc1CC[SiH](F)F. The predicted molar refractivity (Wildman–Crippen MR) is 58.4 cm³/mol. The van der Waals surface area contributed by atoms with Crippen LogP contribution < -0.4 is 0 Å². The van der Waals surface area contributed by atoms with Crippen molar-refractivity contribution in [2.24, 2.45) is 0 Å². The lowest BCUT2D eigenvalue weighted by Gasteiger charge is -2.11. The molecular weight excluding hydrogens is 198 g/mol. The monoisotopic (exact) mass is 214 g/mol. The summed E-state index contributed by atoms with van der Waals surface area (Å²) in [6.45, 7) is 4.19. The smallest absolute Gasteiger partial charge is 0.275 e. The van der Waals surface area contributed by atoms with Crippen molar-refractivity contribution >= 4 is 9.46 Å². The molecule has 0 atom stereocenters. The van der Waals surface area contributed by atoms with Gasteiger partial charge in [0.2, 0.25) is 0 Å². The van der Waals surface area contributed by atoms with E-state index in [-0.39, 0.29) is 6.04 Å². The molecule has 1 aromatic rings. The second kappa shape index (κ2) is 5.25.